The lowest BCUT2D eigenvalue weighted by Crippen LogP contribution is -2.15. The van der Waals surface area contributed by atoms with Crippen LogP contribution in [0.15, 0.2) is 58.8 Å². The fourth-order valence-corrected chi connectivity index (χ4v) is 3.35. The molecule has 6 nitrogen and oxygen atoms in total. The third-order valence-corrected chi connectivity index (χ3v) is 4.78. The lowest BCUT2D eigenvalue weighted by molar-refractivity contribution is -0.113. The summed E-state index contributed by atoms with van der Waals surface area (Å²) >= 11 is 7.43. The number of furan rings is 1. The van der Waals surface area contributed by atoms with Crippen LogP contribution in [0.2, 0.25) is 5.02 Å². The normalized spacial score (nSPS) is 10.7. The maximum atomic E-state index is 12.2. The highest BCUT2D eigenvalue weighted by Gasteiger charge is 2.16. The summed E-state index contributed by atoms with van der Waals surface area (Å²) in [6, 6.07) is 9.08. The quantitative estimate of drug-likeness (QED) is 0.479. The molecular formula is C18H17ClN4O2S. The zero-order chi connectivity index (χ0) is 18.5. The van der Waals surface area contributed by atoms with Crippen molar-refractivity contribution < 1.29 is 9.21 Å². The Hall–Kier alpha value is -2.51. The van der Waals surface area contributed by atoms with Crippen LogP contribution in [-0.4, -0.2) is 26.4 Å². The second kappa shape index (κ2) is 8.25. The van der Waals surface area contributed by atoms with Crippen LogP contribution in [0.3, 0.4) is 0 Å². The Bertz CT molecular complexity index is 921. The Labute approximate surface area is 160 Å². The lowest BCUT2D eigenvalue weighted by atomic mass is 10.2. The van der Waals surface area contributed by atoms with Gasteiger partial charge in [-0.3, -0.25) is 9.36 Å². The number of anilines is 1. The number of nitrogens with zero attached hydrogens (tertiary/aromatic N) is 3. The zero-order valence-corrected chi connectivity index (χ0v) is 15.7. The predicted octanol–water partition coefficient (Wildman–Crippen LogP) is 4.42. The van der Waals surface area contributed by atoms with Crippen LogP contribution in [0, 0.1) is 6.92 Å². The number of hydrogen-bond acceptors (Lipinski definition) is 5. The van der Waals surface area contributed by atoms with Crippen LogP contribution >= 0.6 is 23.4 Å². The topological polar surface area (TPSA) is 73.0 Å². The van der Waals surface area contributed by atoms with Gasteiger partial charge in [0.05, 0.1) is 22.7 Å². The van der Waals surface area contributed by atoms with Crippen LogP contribution in [0.1, 0.15) is 5.56 Å². The van der Waals surface area contributed by atoms with Gasteiger partial charge in [-0.05, 0) is 36.8 Å². The zero-order valence-electron chi connectivity index (χ0n) is 14.1. The molecule has 0 radical (unpaired) electrons. The Morgan fingerprint density at radius 3 is 2.96 bits per heavy atom. The number of aromatic nitrogens is 3. The molecule has 1 aromatic carbocycles. The Balaban J connectivity index is 1.69. The van der Waals surface area contributed by atoms with Crippen molar-refractivity contribution >= 4 is 35.0 Å². The van der Waals surface area contributed by atoms with Crippen molar-refractivity contribution in [1.82, 2.24) is 14.8 Å². The second-order valence-electron chi connectivity index (χ2n) is 5.50. The maximum absolute atomic E-state index is 12.2. The first kappa shape index (κ1) is 18.3. The number of carbonyl (C=O) groups excluding carboxylic acids is 1. The summed E-state index contributed by atoms with van der Waals surface area (Å²) in [5.41, 5.74) is 1.62. The molecule has 1 amide bonds. The van der Waals surface area contributed by atoms with E-state index in [-0.39, 0.29) is 11.7 Å². The van der Waals surface area contributed by atoms with Crippen LogP contribution in [0.5, 0.6) is 0 Å². The number of hydrogen-bond donors (Lipinski definition) is 1. The van der Waals surface area contributed by atoms with Crippen molar-refractivity contribution in [2.24, 2.45) is 0 Å². The first-order valence-corrected chi connectivity index (χ1v) is 9.21. The summed E-state index contributed by atoms with van der Waals surface area (Å²) in [5, 5.41) is 12.3. The molecule has 2 aromatic heterocycles. The Morgan fingerprint density at radius 2 is 2.27 bits per heavy atom. The molecule has 3 rings (SSSR count). The number of allylic oxidation sites excluding steroid dienone is 1. The van der Waals surface area contributed by atoms with E-state index in [1.54, 1.807) is 30.5 Å². The van der Waals surface area contributed by atoms with E-state index >= 15 is 0 Å². The SMILES string of the molecule is C=CCn1c(SCC(=O)Nc2ccc(C)cc2Cl)nnc1-c1ccco1. The molecule has 0 spiro atoms. The van der Waals surface area contributed by atoms with E-state index in [1.807, 2.05) is 23.6 Å². The number of carbonyl (C=O) groups is 1. The fourth-order valence-electron chi connectivity index (χ4n) is 2.32. The summed E-state index contributed by atoms with van der Waals surface area (Å²) in [6.07, 6.45) is 3.32. The highest BCUT2D eigenvalue weighted by atomic mass is 35.5. The van der Waals surface area contributed by atoms with Gasteiger partial charge in [0.15, 0.2) is 10.9 Å². The van der Waals surface area contributed by atoms with E-state index in [2.05, 4.69) is 22.1 Å². The summed E-state index contributed by atoms with van der Waals surface area (Å²) in [4.78, 5) is 12.2. The van der Waals surface area contributed by atoms with Gasteiger partial charge in [0.25, 0.3) is 0 Å². The molecule has 8 heteroatoms. The van der Waals surface area contributed by atoms with Crippen molar-refractivity contribution in [1.29, 1.82) is 0 Å². The maximum Gasteiger partial charge on any atom is 0.234 e. The van der Waals surface area contributed by atoms with Gasteiger partial charge in [-0.25, -0.2) is 0 Å². The molecule has 0 bridgehead atoms. The monoisotopic (exact) mass is 388 g/mol. The van der Waals surface area contributed by atoms with Gasteiger partial charge in [-0.2, -0.15) is 0 Å². The number of aryl methyl sites for hydroxylation is 1. The molecule has 3 aromatic rings. The Kier molecular flexibility index (Phi) is 5.80. The second-order valence-corrected chi connectivity index (χ2v) is 6.85. The van der Waals surface area contributed by atoms with E-state index < -0.39 is 0 Å². The van der Waals surface area contributed by atoms with Crippen LogP contribution in [0.4, 0.5) is 5.69 Å². The van der Waals surface area contributed by atoms with E-state index in [9.17, 15) is 4.79 Å². The molecule has 0 aliphatic heterocycles. The first-order valence-electron chi connectivity index (χ1n) is 7.85. The number of halogens is 1. The summed E-state index contributed by atoms with van der Waals surface area (Å²) in [6.45, 7) is 6.21. The van der Waals surface area contributed by atoms with Crippen molar-refractivity contribution in [3.63, 3.8) is 0 Å². The van der Waals surface area contributed by atoms with Crippen LogP contribution in [-0.2, 0) is 11.3 Å². The Morgan fingerprint density at radius 1 is 1.42 bits per heavy atom. The molecule has 1 N–H and O–H groups in total. The smallest absolute Gasteiger partial charge is 0.234 e. The van der Waals surface area contributed by atoms with Gasteiger partial charge < -0.3 is 9.73 Å². The molecule has 0 unspecified atom stereocenters. The number of rotatable bonds is 7. The van der Waals surface area contributed by atoms with Crippen LogP contribution < -0.4 is 5.32 Å². The van der Waals surface area contributed by atoms with Crippen molar-refractivity contribution in [3.05, 3.63) is 59.8 Å². The first-order chi connectivity index (χ1) is 12.6. The molecule has 0 fully saturated rings. The minimum Gasteiger partial charge on any atom is -0.461 e. The number of nitrogens with one attached hydrogen (secondary N) is 1. The third-order valence-electron chi connectivity index (χ3n) is 3.50. The molecule has 26 heavy (non-hydrogen) atoms. The van der Waals surface area contributed by atoms with E-state index in [0.29, 0.717) is 34.0 Å². The van der Waals surface area contributed by atoms with E-state index in [4.69, 9.17) is 16.0 Å². The third kappa shape index (κ3) is 4.17. The van der Waals surface area contributed by atoms with E-state index in [0.717, 1.165) is 5.56 Å². The van der Waals surface area contributed by atoms with Crippen molar-refractivity contribution in [2.75, 3.05) is 11.1 Å². The lowest BCUT2D eigenvalue weighted by Gasteiger charge is -2.08. The van der Waals surface area contributed by atoms with E-state index in [1.165, 1.54) is 11.8 Å². The van der Waals surface area contributed by atoms with Gasteiger partial charge in [0.2, 0.25) is 11.7 Å². The molecule has 0 saturated heterocycles. The van der Waals surface area contributed by atoms with Gasteiger partial charge in [0.1, 0.15) is 0 Å². The average molecular weight is 389 g/mol. The molecule has 134 valence electrons. The molecule has 0 atom stereocenters. The molecule has 0 saturated carbocycles. The van der Waals surface area contributed by atoms with Crippen LogP contribution in [0.25, 0.3) is 11.6 Å². The number of benzene rings is 1. The minimum absolute atomic E-state index is 0.173. The molecule has 2 heterocycles. The highest BCUT2D eigenvalue weighted by Crippen LogP contribution is 2.26. The summed E-state index contributed by atoms with van der Waals surface area (Å²) < 4.78 is 7.24. The fraction of sp³-hybridized carbons (Fsp3) is 0.167. The summed E-state index contributed by atoms with van der Waals surface area (Å²) in [5.74, 6) is 1.22. The largest absolute Gasteiger partial charge is 0.461 e. The van der Waals surface area contributed by atoms with Gasteiger partial charge in [0, 0.05) is 6.54 Å². The van der Waals surface area contributed by atoms with Gasteiger partial charge in [-0.15, -0.1) is 16.8 Å². The standard InChI is InChI=1S/C18H17ClN4O2S/c1-3-8-23-17(15-5-4-9-25-15)21-22-18(23)26-11-16(24)20-14-7-6-12(2)10-13(14)19/h3-7,9-10H,1,8,11H2,2H3,(H,20,24). The molecule has 0 aliphatic carbocycles. The number of amides is 1. The molecule has 0 aliphatic rings. The average Bonchev–Trinajstić information content (AvgIpc) is 3.26. The molecular weight excluding hydrogens is 372 g/mol. The number of thioether (sulfide) groups is 1. The highest BCUT2D eigenvalue weighted by molar-refractivity contribution is 7.99. The van der Waals surface area contributed by atoms with Crippen molar-refractivity contribution in [3.8, 4) is 11.6 Å². The van der Waals surface area contributed by atoms with Gasteiger partial charge in [-0.1, -0.05) is 35.5 Å². The minimum atomic E-state index is -0.173. The van der Waals surface area contributed by atoms with Crippen molar-refractivity contribution in [2.45, 2.75) is 18.6 Å². The summed E-state index contributed by atoms with van der Waals surface area (Å²) in [7, 11) is 0. The van der Waals surface area contributed by atoms with Gasteiger partial charge >= 0.3 is 0 Å². The predicted molar refractivity (Wildman–Crippen MR) is 103 cm³/mol.